The van der Waals surface area contributed by atoms with Crippen LogP contribution in [0.25, 0.3) is 11.3 Å². The second-order valence-electron chi connectivity index (χ2n) is 7.90. The van der Waals surface area contributed by atoms with Crippen LogP contribution in [0.4, 0.5) is 13.2 Å². The van der Waals surface area contributed by atoms with E-state index in [-0.39, 0.29) is 12.6 Å². The van der Waals surface area contributed by atoms with Gasteiger partial charge in [-0.3, -0.25) is 10.00 Å². The predicted octanol–water partition coefficient (Wildman–Crippen LogP) is 5.53. The molecule has 1 aliphatic rings. The molecule has 0 fully saturated rings. The van der Waals surface area contributed by atoms with Gasteiger partial charge in [-0.2, -0.15) is 18.3 Å². The second-order valence-corrected chi connectivity index (χ2v) is 7.90. The number of H-pyrrole nitrogens is 1. The maximum Gasteiger partial charge on any atom is 0.416 e. The first-order valence-corrected chi connectivity index (χ1v) is 10.6. The summed E-state index contributed by atoms with van der Waals surface area (Å²) in [5.74, 6) is 0.672. The Labute approximate surface area is 184 Å². The van der Waals surface area contributed by atoms with Gasteiger partial charge in [0.2, 0.25) is 0 Å². The van der Waals surface area contributed by atoms with Gasteiger partial charge in [-0.15, -0.1) is 0 Å². The zero-order valence-corrected chi connectivity index (χ0v) is 17.7. The first-order valence-electron chi connectivity index (χ1n) is 10.6. The minimum Gasteiger partial charge on any atom is -0.489 e. The fourth-order valence-corrected chi connectivity index (χ4v) is 4.01. The van der Waals surface area contributed by atoms with E-state index in [2.05, 4.69) is 22.0 Å². The van der Waals surface area contributed by atoms with Crippen LogP contribution >= 0.6 is 0 Å². The minimum atomic E-state index is -4.37. The largest absolute Gasteiger partial charge is 0.489 e. The third-order valence-electron chi connectivity index (χ3n) is 5.74. The van der Waals surface area contributed by atoms with Gasteiger partial charge in [0.15, 0.2) is 0 Å². The maximum atomic E-state index is 12.8. The lowest BCUT2D eigenvalue weighted by Gasteiger charge is -2.19. The molecule has 8 heteroatoms. The van der Waals surface area contributed by atoms with Crippen molar-refractivity contribution in [2.45, 2.75) is 45.1 Å². The Morgan fingerprint density at radius 1 is 1.22 bits per heavy atom. The van der Waals surface area contributed by atoms with E-state index >= 15 is 0 Å². The van der Waals surface area contributed by atoms with Crippen LogP contribution in [0.1, 0.15) is 48.1 Å². The topological polar surface area (TPSA) is 58.2 Å². The molecular formula is C24H24F3N3O2. The van der Waals surface area contributed by atoms with Crippen molar-refractivity contribution in [1.29, 1.82) is 0 Å². The number of benzene rings is 2. The molecule has 32 heavy (non-hydrogen) atoms. The third kappa shape index (κ3) is 4.55. The molecule has 1 aliphatic heterocycles. The lowest BCUT2D eigenvalue weighted by molar-refractivity contribution is -0.137. The Morgan fingerprint density at radius 2 is 2.00 bits per heavy atom. The maximum absolute atomic E-state index is 12.8. The summed E-state index contributed by atoms with van der Waals surface area (Å²) in [6.45, 7) is 3.91. The van der Waals surface area contributed by atoms with Gasteiger partial charge in [0.05, 0.1) is 23.5 Å². The van der Waals surface area contributed by atoms with Crippen LogP contribution in [0.15, 0.2) is 48.7 Å². The van der Waals surface area contributed by atoms with Gasteiger partial charge in [-0.25, -0.2) is 0 Å². The number of nitrogens with zero attached hydrogens (tertiary/aromatic N) is 2. The number of rotatable bonds is 8. The number of nitrogens with one attached hydrogen (secondary N) is 1. The van der Waals surface area contributed by atoms with Crippen LogP contribution < -0.4 is 4.74 Å². The van der Waals surface area contributed by atoms with Crippen molar-refractivity contribution in [3.63, 3.8) is 0 Å². The minimum absolute atomic E-state index is 0.211. The molecule has 0 aliphatic carbocycles. The van der Waals surface area contributed by atoms with E-state index < -0.39 is 11.7 Å². The van der Waals surface area contributed by atoms with E-state index in [4.69, 9.17) is 4.74 Å². The highest BCUT2D eigenvalue weighted by atomic mass is 19.4. The fourth-order valence-electron chi connectivity index (χ4n) is 4.01. The molecule has 0 amide bonds. The van der Waals surface area contributed by atoms with Crippen molar-refractivity contribution in [3.05, 3.63) is 70.9 Å². The van der Waals surface area contributed by atoms with E-state index in [1.165, 1.54) is 12.1 Å². The first-order chi connectivity index (χ1) is 15.4. The summed E-state index contributed by atoms with van der Waals surface area (Å²) in [7, 11) is 0. The Kier molecular flexibility index (Phi) is 6.32. The van der Waals surface area contributed by atoms with Crippen molar-refractivity contribution >= 4 is 6.29 Å². The number of aromatic nitrogens is 2. The van der Waals surface area contributed by atoms with E-state index in [0.29, 0.717) is 23.6 Å². The average molecular weight is 443 g/mol. The third-order valence-corrected chi connectivity index (χ3v) is 5.74. The first kappa shape index (κ1) is 22.1. The molecule has 1 atom stereocenters. The van der Waals surface area contributed by atoms with Crippen molar-refractivity contribution < 1.29 is 22.7 Å². The SMILES string of the molecule is CCCCN1Cc2cc(OCc3cn[nH]c3-c3ccc(C(F)(F)F)cc3)ccc2C1C=O. The van der Waals surface area contributed by atoms with Crippen molar-refractivity contribution in [3.8, 4) is 17.0 Å². The molecular weight excluding hydrogens is 419 g/mol. The Balaban J connectivity index is 1.46. The standard InChI is InChI=1S/C24H24F3N3O2/c1-2-3-10-30-13-17-11-20(8-9-21(17)22(30)14-31)32-15-18-12-28-29-23(18)16-4-6-19(7-5-16)24(25,26)27/h4-9,11-12,14,22H,2-3,10,13,15H2,1H3,(H,28,29). The van der Waals surface area contributed by atoms with Crippen molar-refractivity contribution in [2.75, 3.05) is 6.54 Å². The summed E-state index contributed by atoms with van der Waals surface area (Å²) < 4.78 is 44.4. The number of alkyl halides is 3. The predicted molar refractivity (Wildman–Crippen MR) is 114 cm³/mol. The quantitative estimate of drug-likeness (QED) is 0.465. The number of carbonyl (C=O) groups is 1. The van der Waals surface area contributed by atoms with Crippen molar-refractivity contribution in [2.24, 2.45) is 0 Å². The van der Waals surface area contributed by atoms with E-state index in [1.807, 2.05) is 18.2 Å². The summed E-state index contributed by atoms with van der Waals surface area (Å²) in [6, 6.07) is 10.4. The summed E-state index contributed by atoms with van der Waals surface area (Å²) >= 11 is 0. The van der Waals surface area contributed by atoms with E-state index in [9.17, 15) is 18.0 Å². The molecule has 3 aromatic rings. The summed E-state index contributed by atoms with van der Waals surface area (Å²) in [6.07, 6.45) is 0.327. The number of carbonyl (C=O) groups excluding carboxylic acids is 1. The molecule has 1 aromatic heterocycles. The van der Waals surface area contributed by atoms with Crippen LogP contribution in [0.2, 0.25) is 0 Å². The van der Waals surface area contributed by atoms with Gasteiger partial charge >= 0.3 is 6.18 Å². The molecule has 5 nitrogen and oxygen atoms in total. The van der Waals surface area contributed by atoms with Crippen molar-refractivity contribution in [1.82, 2.24) is 15.1 Å². The van der Waals surface area contributed by atoms with Crippen LogP contribution in [0.3, 0.4) is 0 Å². The smallest absolute Gasteiger partial charge is 0.416 e. The van der Waals surface area contributed by atoms with Gasteiger partial charge in [0.25, 0.3) is 0 Å². The molecule has 2 aromatic carbocycles. The van der Waals surface area contributed by atoms with Gasteiger partial charge < -0.3 is 9.53 Å². The second kappa shape index (κ2) is 9.16. The molecule has 0 saturated heterocycles. The van der Waals surface area contributed by atoms with Gasteiger partial charge in [-0.1, -0.05) is 31.5 Å². The van der Waals surface area contributed by atoms with Gasteiger partial charge in [-0.05, 0) is 53.9 Å². The monoisotopic (exact) mass is 443 g/mol. The fraction of sp³-hybridized carbons (Fsp3) is 0.333. The van der Waals surface area contributed by atoms with E-state index in [1.54, 1.807) is 6.20 Å². The molecule has 1 unspecified atom stereocenters. The summed E-state index contributed by atoms with van der Waals surface area (Å²) in [5.41, 5.74) is 3.34. The molecule has 1 N–H and O–H groups in total. The Bertz CT molecular complexity index is 1080. The Morgan fingerprint density at radius 3 is 2.69 bits per heavy atom. The summed E-state index contributed by atoms with van der Waals surface area (Å²) in [4.78, 5) is 13.8. The summed E-state index contributed by atoms with van der Waals surface area (Å²) in [5, 5.41) is 6.87. The highest BCUT2D eigenvalue weighted by Gasteiger charge is 2.31. The number of hydrogen-bond acceptors (Lipinski definition) is 4. The average Bonchev–Trinajstić information content (AvgIpc) is 3.39. The zero-order chi connectivity index (χ0) is 22.7. The van der Waals surface area contributed by atoms with Crippen LogP contribution in [0.5, 0.6) is 5.75 Å². The highest BCUT2D eigenvalue weighted by Crippen LogP contribution is 2.35. The molecule has 0 radical (unpaired) electrons. The van der Waals surface area contributed by atoms with Crippen LogP contribution in [-0.2, 0) is 24.1 Å². The molecule has 2 heterocycles. The number of halogens is 3. The number of hydrogen-bond donors (Lipinski definition) is 1. The molecule has 0 bridgehead atoms. The molecule has 0 saturated carbocycles. The number of aldehydes is 1. The highest BCUT2D eigenvalue weighted by molar-refractivity contribution is 5.65. The number of fused-ring (bicyclic) bond motifs is 1. The normalized spacial score (nSPS) is 16.2. The van der Waals surface area contributed by atoms with Gasteiger partial charge in [0, 0.05) is 12.1 Å². The van der Waals surface area contributed by atoms with Crippen LogP contribution in [-0.4, -0.2) is 27.9 Å². The number of aromatic amines is 1. The number of ether oxygens (including phenoxy) is 1. The lowest BCUT2D eigenvalue weighted by atomic mass is 10.1. The zero-order valence-electron chi connectivity index (χ0n) is 17.7. The molecule has 168 valence electrons. The lowest BCUT2D eigenvalue weighted by Crippen LogP contribution is -2.24. The Hall–Kier alpha value is -3.13. The molecule has 4 rings (SSSR count). The number of unbranched alkanes of at least 4 members (excludes halogenated alkanes) is 1. The van der Waals surface area contributed by atoms with Crippen LogP contribution in [0, 0.1) is 0 Å². The van der Waals surface area contributed by atoms with E-state index in [0.717, 1.165) is 54.5 Å². The molecule has 0 spiro atoms. The van der Waals surface area contributed by atoms with Gasteiger partial charge in [0.1, 0.15) is 18.6 Å².